The highest BCUT2D eigenvalue weighted by Gasteiger charge is 2.27. The minimum Gasteiger partial charge on any atom is -0.493 e. The predicted octanol–water partition coefficient (Wildman–Crippen LogP) is 4.47. The molecule has 2 aromatic heterocycles. The maximum Gasteiger partial charge on any atom is 0.257 e. The van der Waals surface area contributed by atoms with Crippen LogP contribution in [-0.2, 0) is 13.0 Å². The molecule has 1 aromatic carbocycles. The molecule has 6 heteroatoms. The van der Waals surface area contributed by atoms with Crippen molar-refractivity contribution in [2.75, 3.05) is 20.2 Å². The van der Waals surface area contributed by atoms with Crippen LogP contribution in [0.25, 0.3) is 0 Å². The number of benzene rings is 1. The van der Waals surface area contributed by atoms with Gasteiger partial charge in [0.15, 0.2) is 11.5 Å². The van der Waals surface area contributed by atoms with Gasteiger partial charge in [0.1, 0.15) is 6.61 Å². The molecule has 166 valence electrons. The van der Waals surface area contributed by atoms with Crippen molar-refractivity contribution in [2.24, 2.45) is 5.92 Å². The van der Waals surface area contributed by atoms with E-state index in [4.69, 9.17) is 9.47 Å². The first-order valence-electron chi connectivity index (χ1n) is 11.0. The van der Waals surface area contributed by atoms with Gasteiger partial charge < -0.3 is 14.4 Å². The number of ether oxygens (including phenoxy) is 2. The van der Waals surface area contributed by atoms with Crippen LogP contribution in [0.4, 0.5) is 0 Å². The number of amides is 1. The summed E-state index contributed by atoms with van der Waals surface area (Å²) in [6.07, 6.45) is 6.70. The molecule has 0 radical (unpaired) electrons. The van der Waals surface area contributed by atoms with Gasteiger partial charge in [-0.05, 0) is 68.0 Å². The number of pyridine rings is 2. The van der Waals surface area contributed by atoms with Gasteiger partial charge in [0.25, 0.3) is 5.91 Å². The molecule has 4 rings (SSSR count). The number of methoxy groups -OCH3 is 1. The van der Waals surface area contributed by atoms with Gasteiger partial charge in [-0.3, -0.25) is 14.8 Å². The van der Waals surface area contributed by atoms with Gasteiger partial charge in [-0.25, -0.2) is 0 Å². The summed E-state index contributed by atoms with van der Waals surface area (Å²) in [4.78, 5) is 24.2. The zero-order valence-corrected chi connectivity index (χ0v) is 18.7. The average Bonchev–Trinajstić information content (AvgIpc) is 2.84. The molecule has 0 N–H and O–H groups in total. The van der Waals surface area contributed by atoms with E-state index in [-0.39, 0.29) is 12.5 Å². The van der Waals surface area contributed by atoms with E-state index in [0.29, 0.717) is 23.0 Å². The second-order valence-electron chi connectivity index (χ2n) is 8.22. The lowest BCUT2D eigenvalue weighted by Crippen LogP contribution is -2.40. The minimum absolute atomic E-state index is 0.0216. The summed E-state index contributed by atoms with van der Waals surface area (Å²) in [6, 6.07) is 15.3. The lowest BCUT2D eigenvalue weighted by atomic mass is 9.91. The average molecular weight is 432 g/mol. The maximum atomic E-state index is 13.5. The molecule has 0 spiro atoms. The number of aryl methyl sites for hydroxylation is 1. The Morgan fingerprint density at radius 1 is 1.12 bits per heavy atom. The minimum atomic E-state index is -0.0216. The van der Waals surface area contributed by atoms with E-state index < -0.39 is 0 Å². The number of likely N-dealkylation sites (tertiary alicyclic amines) is 1. The van der Waals surface area contributed by atoms with Gasteiger partial charge in [-0.1, -0.05) is 18.2 Å². The van der Waals surface area contributed by atoms with Crippen molar-refractivity contribution in [3.63, 3.8) is 0 Å². The summed E-state index contributed by atoms with van der Waals surface area (Å²) in [7, 11) is 1.59. The third-order valence-corrected chi connectivity index (χ3v) is 5.82. The van der Waals surface area contributed by atoms with Crippen LogP contribution in [-0.4, -0.2) is 41.0 Å². The Hall–Kier alpha value is -3.41. The number of piperidine rings is 1. The molecule has 0 aliphatic carbocycles. The van der Waals surface area contributed by atoms with Gasteiger partial charge in [0, 0.05) is 31.2 Å². The Bertz CT molecular complexity index is 1040. The molecule has 0 saturated carbocycles. The summed E-state index contributed by atoms with van der Waals surface area (Å²) in [5.74, 6) is 1.41. The van der Waals surface area contributed by atoms with Crippen molar-refractivity contribution < 1.29 is 14.3 Å². The number of hydrogen-bond donors (Lipinski definition) is 0. The number of rotatable bonds is 7. The van der Waals surface area contributed by atoms with E-state index in [1.165, 1.54) is 5.56 Å². The van der Waals surface area contributed by atoms with Crippen molar-refractivity contribution in [1.82, 2.24) is 14.9 Å². The Morgan fingerprint density at radius 2 is 2.03 bits per heavy atom. The van der Waals surface area contributed by atoms with Crippen molar-refractivity contribution >= 4 is 5.91 Å². The van der Waals surface area contributed by atoms with Crippen LogP contribution in [0.1, 0.15) is 40.2 Å². The third-order valence-electron chi connectivity index (χ3n) is 5.82. The van der Waals surface area contributed by atoms with Gasteiger partial charge in [-0.2, -0.15) is 0 Å². The maximum absolute atomic E-state index is 13.5. The first kappa shape index (κ1) is 21.8. The van der Waals surface area contributed by atoms with E-state index in [0.717, 1.165) is 43.7 Å². The molecule has 3 heterocycles. The fraction of sp³-hybridized carbons (Fsp3) is 0.346. The van der Waals surface area contributed by atoms with Crippen LogP contribution in [0.3, 0.4) is 0 Å². The Morgan fingerprint density at radius 3 is 2.78 bits per heavy atom. The zero-order valence-electron chi connectivity index (χ0n) is 18.7. The molecule has 0 bridgehead atoms. The second kappa shape index (κ2) is 10.3. The molecule has 0 unspecified atom stereocenters. The predicted molar refractivity (Wildman–Crippen MR) is 123 cm³/mol. The molecule has 1 saturated heterocycles. The van der Waals surface area contributed by atoms with Gasteiger partial charge >= 0.3 is 0 Å². The molecular formula is C26H29N3O3. The fourth-order valence-electron chi connectivity index (χ4n) is 4.16. The molecule has 1 atom stereocenters. The lowest BCUT2D eigenvalue weighted by molar-refractivity contribution is 0.0667. The summed E-state index contributed by atoms with van der Waals surface area (Å²) in [5.41, 5.74) is 3.56. The highest BCUT2D eigenvalue weighted by atomic mass is 16.5. The Labute approximate surface area is 189 Å². The summed E-state index contributed by atoms with van der Waals surface area (Å²) < 4.78 is 11.5. The molecule has 1 aliphatic heterocycles. The molecule has 1 amide bonds. The molecule has 3 aromatic rings. The van der Waals surface area contributed by atoms with Crippen LogP contribution in [0.2, 0.25) is 0 Å². The van der Waals surface area contributed by atoms with Crippen LogP contribution < -0.4 is 9.47 Å². The number of para-hydroxylation sites is 1. The highest BCUT2D eigenvalue weighted by Crippen LogP contribution is 2.33. The summed E-state index contributed by atoms with van der Waals surface area (Å²) >= 11 is 0. The Balaban J connectivity index is 1.49. The smallest absolute Gasteiger partial charge is 0.257 e. The normalized spacial score (nSPS) is 15.9. The SMILES string of the molecule is COc1cccc(C(=O)N2CCC[C@H](Cc3ccc(C)nc3)C2)c1OCc1ccccn1. The highest BCUT2D eigenvalue weighted by molar-refractivity contribution is 5.98. The van der Waals surface area contributed by atoms with Gasteiger partial charge in [-0.15, -0.1) is 0 Å². The number of carbonyl (C=O) groups excluding carboxylic acids is 1. The molecule has 1 aliphatic rings. The number of carbonyl (C=O) groups is 1. The van der Waals surface area contributed by atoms with E-state index in [1.54, 1.807) is 13.3 Å². The van der Waals surface area contributed by atoms with Crippen molar-refractivity contribution in [3.05, 3.63) is 83.4 Å². The van der Waals surface area contributed by atoms with Crippen molar-refractivity contribution in [1.29, 1.82) is 0 Å². The number of nitrogens with zero attached hydrogens (tertiary/aromatic N) is 3. The first-order chi connectivity index (χ1) is 15.6. The lowest BCUT2D eigenvalue weighted by Gasteiger charge is -2.33. The topological polar surface area (TPSA) is 64.5 Å². The standard InChI is InChI=1S/C26H29N3O3/c1-19-11-12-20(16-28-19)15-21-7-6-14-29(17-21)26(30)23-9-5-10-24(31-2)25(23)32-18-22-8-3-4-13-27-22/h3-5,8-13,16,21H,6-7,14-15,17-18H2,1-2H3/t21-/m1/s1. The van der Waals surface area contributed by atoms with E-state index in [2.05, 4.69) is 16.0 Å². The van der Waals surface area contributed by atoms with Gasteiger partial charge in [0.05, 0.1) is 18.4 Å². The third kappa shape index (κ3) is 5.25. The monoisotopic (exact) mass is 431 g/mol. The molecule has 1 fully saturated rings. The van der Waals surface area contributed by atoms with Crippen LogP contribution in [0, 0.1) is 12.8 Å². The van der Waals surface area contributed by atoms with Gasteiger partial charge in [0.2, 0.25) is 0 Å². The summed E-state index contributed by atoms with van der Waals surface area (Å²) in [5, 5.41) is 0. The fourth-order valence-corrected chi connectivity index (χ4v) is 4.16. The van der Waals surface area contributed by atoms with E-state index in [9.17, 15) is 4.79 Å². The van der Waals surface area contributed by atoms with E-state index >= 15 is 0 Å². The molecule has 6 nitrogen and oxygen atoms in total. The van der Waals surface area contributed by atoms with Crippen LogP contribution in [0.5, 0.6) is 11.5 Å². The quantitative estimate of drug-likeness (QED) is 0.552. The number of hydrogen-bond acceptors (Lipinski definition) is 5. The first-order valence-corrected chi connectivity index (χ1v) is 11.0. The largest absolute Gasteiger partial charge is 0.493 e. The number of aromatic nitrogens is 2. The van der Waals surface area contributed by atoms with Crippen molar-refractivity contribution in [3.8, 4) is 11.5 Å². The second-order valence-corrected chi connectivity index (χ2v) is 8.22. The van der Waals surface area contributed by atoms with Crippen LogP contribution >= 0.6 is 0 Å². The van der Waals surface area contributed by atoms with E-state index in [1.807, 2.05) is 60.5 Å². The molecular weight excluding hydrogens is 402 g/mol. The Kier molecular flexibility index (Phi) is 7.00. The van der Waals surface area contributed by atoms with Crippen LogP contribution in [0.15, 0.2) is 60.9 Å². The summed E-state index contributed by atoms with van der Waals surface area (Å²) in [6.45, 7) is 3.74. The van der Waals surface area contributed by atoms with Crippen molar-refractivity contribution in [2.45, 2.75) is 32.8 Å². The zero-order chi connectivity index (χ0) is 22.3. The molecule has 32 heavy (non-hydrogen) atoms.